The summed E-state index contributed by atoms with van der Waals surface area (Å²) in [5.74, 6) is -0.480. The molecule has 0 saturated carbocycles. The monoisotopic (exact) mass is 257 g/mol. The lowest BCUT2D eigenvalue weighted by Gasteiger charge is -2.13. The Morgan fingerprint density at radius 3 is 2.21 bits per heavy atom. The van der Waals surface area contributed by atoms with Crippen molar-refractivity contribution in [2.45, 2.75) is 0 Å². The third kappa shape index (κ3) is 2.23. The summed E-state index contributed by atoms with van der Waals surface area (Å²) in [7, 11) is 2.72. The number of halogens is 1. The van der Waals surface area contributed by atoms with Crippen LogP contribution in [-0.4, -0.2) is 14.2 Å². The van der Waals surface area contributed by atoms with E-state index in [0.29, 0.717) is 11.1 Å². The molecule has 96 valence electrons. The first-order chi connectivity index (χ1) is 9.22. The molecule has 4 heteroatoms. The van der Waals surface area contributed by atoms with Crippen LogP contribution in [0.3, 0.4) is 0 Å². The van der Waals surface area contributed by atoms with Crippen molar-refractivity contribution in [1.29, 1.82) is 5.26 Å². The van der Waals surface area contributed by atoms with Crippen molar-refractivity contribution in [2.24, 2.45) is 0 Å². The van der Waals surface area contributed by atoms with E-state index in [2.05, 4.69) is 0 Å². The molecule has 0 saturated heterocycles. The molecule has 0 aliphatic heterocycles. The van der Waals surface area contributed by atoms with Crippen molar-refractivity contribution >= 4 is 0 Å². The lowest BCUT2D eigenvalue weighted by Crippen LogP contribution is -1.99. The predicted molar refractivity (Wildman–Crippen MR) is 69.7 cm³/mol. The Bertz CT molecular complexity index is 633. The van der Waals surface area contributed by atoms with Gasteiger partial charge in [0, 0.05) is 5.56 Å². The highest BCUT2D eigenvalue weighted by atomic mass is 19.1. The van der Waals surface area contributed by atoms with Gasteiger partial charge < -0.3 is 9.47 Å². The van der Waals surface area contributed by atoms with Crippen molar-refractivity contribution in [3.63, 3.8) is 0 Å². The molecule has 3 nitrogen and oxygen atoms in total. The number of methoxy groups -OCH3 is 2. The first-order valence-electron chi connectivity index (χ1n) is 5.63. The minimum absolute atomic E-state index is 0.0552. The van der Waals surface area contributed by atoms with Gasteiger partial charge in [0.05, 0.1) is 19.8 Å². The van der Waals surface area contributed by atoms with Crippen molar-refractivity contribution in [3.8, 4) is 28.7 Å². The lowest BCUT2D eigenvalue weighted by molar-refractivity contribution is 0.337. The zero-order valence-corrected chi connectivity index (χ0v) is 10.6. The van der Waals surface area contributed by atoms with Crippen LogP contribution in [0.4, 0.5) is 4.39 Å². The molecule has 0 bridgehead atoms. The van der Waals surface area contributed by atoms with Gasteiger partial charge in [0.2, 0.25) is 0 Å². The largest absolute Gasteiger partial charge is 0.491 e. The summed E-state index contributed by atoms with van der Waals surface area (Å²) >= 11 is 0. The Kier molecular flexibility index (Phi) is 3.67. The van der Waals surface area contributed by atoms with Crippen LogP contribution in [-0.2, 0) is 0 Å². The molecule has 0 aromatic heterocycles. The van der Waals surface area contributed by atoms with Gasteiger partial charge in [-0.05, 0) is 11.6 Å². The van der Waals surface area contributed by atoms with Gasteiger partial charge in [0.1, 0.15) is 6.07 Å². The fourth-order valence-corrected chi connectivity index (χ4v) is 1.91. The molecule has 2 aromatic carbocycles. The van der Waals surface area contributed by atoms with Crippen LogP contribution in [0.15, 0.2) is 36.4 Å². The zero-order valence-electron chi connectivity index (χ0n) is 10.6. The van der Waals surface area contributed by atoms with E-state index in [1.807, 2.05) is 12.1 Å². The Labute approximate surface area is 110 Å². The van der Waals surface area contributed by atoms with Crippen molar-refractivity contribution < 1.29 is 13.9 Å². The fraction of sp³-hybridized carbons (Fsp3) is 0.133. The van der Waals surface area contributed by atoms with E-state index in [-0.39, 0.29) is 17.1 Å². The molecule has 0 atom stereocenters. The number of nitrogens with zero attached hydrogens (tertiary/aromatic N) is 1. The number of nitriles is 1. The highest BCUT2D eigenvalue weighted by Crippen LogP contribution is 2.39. The van der Waals surface area contributed by atoms with E-state index in [4.69, 9.17) is 14.7 Å². The Morgan fingerprint density at radius 1 is 1.05 bits per heavy atom. The molecule has 0 unspecified atom stereocenters. The van der Waals surface area contributed by atoms with Crippen LogP contribution in [0.1, 0.15) is 5.56 Å². The Hall–Kier alpha value is -2.54. The number of hydrogen-bond donors (Lipinski definition) is 0. The summed E-state index contributed by atoms with van der Waals surface area (Å²) in [5, 5.41) is 9.12. The second-order valence-corrected chi connectivity index (χ2v) is 3.83. The zero-order chi connectivity index (χ0) is 13.8. The molecule has 19 heavy (non-hydrogen) atoms. The number of ether oxygens (including phenoxy) is 2. The van der Waals surface area contributed by atoms with E-state index in [1.165, 1.54) is 20.3 Å². The smallest absolute Gasteiger partial charge is 0.198 e. The Balaban J connectivity index is 2.74. The van der Waals surface area contributed by atoms with E-state index in [0.717, 1.165) is 0 Å². The van der Waals surface area contributed by atoms with Gasteiger partial charge in [-0.15, -0.1) is 0 Å². The number of rotatable bonds is 3. The highest BCUT2D eigenvalue weighted by molar-refractivity contribution is 5.72. The molecule has 0 aliphatic carbocycles. The predicted octanol–water partition coefficient (Wildman–Crippen LogP) is 3.38. The molecule has 0 amide bonds. The van der Waals surface area contributed by atoms with Crippen LogP contribution < -0.4 is 9.47 Å². The van der Waals surface area contributed by atoms with E-state index < -0.39 is 5.82 Å². The SMILES string of the molecule is COc1c(C#N)cc(-c2ccccc2)c(F)c1OC. The van der Waals surface area contributed by atoms with Crippen LogP contribution in [0.5, 0.6) is 11.5 Å². The van der Waals surface area contributed by atoms with Crippen molar-refractivity contribution in [1.82, 2.24) is 0 Å². The molecule has 2 aromatic rings. The minimum Gasteiger partial charge on any atom is -0.491 e. The summed E-state index contributed by atoms with van der Waals surface area (Å²) in [6.45, 7) is 0. The van der Waals surface area contributed by atoms with Gasteiger partial charge in [0.15, 0.2) is 17.3 Å². The normalized spacial score (nSPS) is 9.79. The third-order valence-corrected chi connectivity index (χ3v) is 2.79. The average Bonchev–Trinajstić information content (AvgIpc) is 2.47. The van der Waals surface area contributed by atoms with E-state index in [9.17, 15) is 4.39 Å². The van der Waals surface area contributed by atoms with Crippen molar-refractivity contribution in [3.05, 3.63) is 47.8 Å². The quantitative estimate of drug-likeness (QED) is 0.846. The number of hydrogen-bond acceptors (Lipinski definition) is 3. The van der Waals surface area contributed by atoms with E-state index in [1.54, 1.807) is 24.3 Å². The molecular weight excluding hydrogens is 245 g/mol. The second kappa shape index (κ2) is 5.40. The third-order valence-electron chi connectivity index (χ3n) is 2.79. The van der Waals surface area contributed by atoms with Gasteiger partial charge in [0.25, 0.3) is 0 Å². The summed E-state index contributed by atoms with van der Waals surface area (Å²) < 4.78 is 24.5. The molecule has 0 radical (unpaired) electrons. The molecule has 0 aliphatic rings. The second-order valence-electron chi connectivity index (χ2n) is 3.83. The summed E-state index contributed by atoms with van der Waals surface area (Å²) in [5.41, 5.74) is 1.23. The molecule has 2 rings (SSSR count). The van der Waals surface area contributed by atoms with Crippen LogP contribution in [0.25, 0.3) is 11.1 Å². The summed E-state index contributed by atoms with van der Waals surface area (Å²) in [6.07, 6.45) is 0. The summed E-state index contributed by atoms with van der Waals surface area (Å²) in [4.78, 5) is 0. The van der Waals surface area contributed by atoms with Crippen LogP contribution in [0, 0.1) is 17.1 Å². The van der Waals surface area contributed by atoms with Gasteiger partial charge >= 0.3 is 0 Å². The van der Waals surface area contributed by atoms with Crippen LogP contribution >= 0.6 is 0 Å². The summed E-state index contributed by atoms with van der Waals surface area (Å²) in [6, 6.07) is 12.4. The van der Waals surface area contributed by atoms with Gasteiger partial charge in [-0.3, -0.25) is 0 Å². The highest BCUT2D eigenvalue weighted by Gasteiger charge is 2.20. The van der Waals surface area contributed by atoms with Crippen molar-refractivity contribution in [2.75, 3.05) is 14.2 Å². The maximum absolute atomic E-state index is 14.4. The molecule has 0 N–H and O–H groups in total. The first kappa shape index (κ1) is 12.9. The average molecular weight is 257 g/mol. The van der Waals surface area contributed by atoms with Crippen LogP contribution in [0.2, 0.25) is 0 Å². The van der Waals surface area contributed by atoms with Gasteiger partial charge in [-0.25, -0.2) is 4.39 Å². The molecular formula is C15H12FNO2. The van der Waals surface area contributed by atoms with Gasteiger partial charge in [-0.1, -0.05) is 30.3 Å². The fourth-order valence-electron chi connectivity index (χ4n) is 1.91. The van der Waals surface area contributed by atoms with E-state index >= 15 is 0 Å². The van der Waals surface area contributed by atoms with Gasteiger partial charge in [-0.2, -0.15) is 5.26 Å². The molecule has 0 heterocycles. The Morgan fingerprint density at radius 2 is 1.68 bits per heavy atom. The molecule has 0 spiro atoms. The molecule has 0 fully saturated rings. The minimum atomic E-state index is -0.537. The standard InChI is InChI=1S/C15H12FNO2/c1-18-14-11(9-17)8-12(13(16)15(14)19-2)10-6-4-3-5-7-10/h3-8H,1-2H3. The maximum atomic E-state index is 14.4. The first-order valence-corrected chi connectivity index (χ1v) is 5.63. The topological polar surface area (TPSA) is 42.2 Å². The maximum Gasteiger partial charge on any atom is 0.198 e. The number of benzene rings is 2. The lowest BCUT2D eigenvalue weighted by atomic mass is 10.0.